The largest absolute Gasteiger partial charge is 0.330 e. The molecule has 0 radical (unpaired) electrons. The van der Waals surface area contributed by atoms with Gasteiger partial charge < -0.3 is 9.88 Å². The molecule has 1 saturated heterocycles. The number of nitrogens with zero attached hydrogens (tertiary/aromatic N) is 2. The number of aromatic nitrogens is 2. The van der Waals surface area contributed by atoms with Gasteiger partial charge >= 0.3 is 0 Å². The van der Waals surface area contributed by atoms with E-state index in [-0.39, 0.29) is 0 Å². The lowest BCUT2D eigenvalue weighted by atomic mass is 10.1. The van der Waals surface area contributed by atoms with Crippen molar-refractivity contribution in [3.63, 3.8) is 0 Å². The smallest absolute Gasteiger partial charge is 0.0958 e. The molecule has 1 aliphatic heterocycles. The van der Waals surface area contributed by atoms with Gasteiger partial charge in [0.15, 0.2) is 0 Å². The average molecular weight is 280 g/mol. The highest BCUT2D eigenvalue weighted by Gasteiger charge is 2.15. The molecular formula is C12H14BrN3. The molecule has 0 bridgehead atoms. The van der Waals surface area contributed by atoms with Crippen molar-refractivity contribution in [2.75, 3.05) is 13.1 Å². The molecule has 1 aromatic heterocycles. The number of hydrogen-bond acceptors (Lipinski definition) is 2. The third-order valence-electron chi connectivity index (χ3n) is 3.20. The average Bonchev–Trinajstić information content (AvgIpc) is 2.90. The molecule has 0 saturated carbocycles. The van der Waals surface area contributed by atoms with Crippen LogP contribution in [-0.4, -0.2) is 22.6 Å². The van der Waals surface area contributed by atoms with Gasteiger partial charge in [0.25, 0.3) is 0 Å². The summed E-state index contributed by atoms with van der Waals surface area (Å²) in [4.78, 5) is 4.42. The van der Waals surface area contributed by atoms with Gasteiger partial charge in [-0.1, -0.05) is 15.9 Å². The maximum absolute atomic E-state index is 4.42. The van der Waals surface area contributed by atoms with Crippen molar-refractivity contribution in [3.8, 4) is 0 Å². The zero-order chi connectivity index (χ0) is 11.0. The Morgan fingerprint density at radius 3 is 3.25 bits per heavy atom. The summed E-state index contributed by atoms with van der Waals surface area (Å²) < 4.78 is 3.38. The summed E-state index contributed by atoms with van der Waals surface area (Å²) in [7, 11) is 0. The fourth-order valence-electron chi connectivity index (χ4n) is 2.32. The Morgan fingerprint density at radius 1 is 1.50 bits per heavy atom. The van der Waals surface area contributed by atoms with Crippen LogP contribution in [0.4, 0.5) is 0 Å². The van der Waals surface area contributed by atoms with E-state index in [2.05, 4.69) is 42.9 Å². The van der Waals surface area contributed by atoms with E-state index in [0.717, 1.165) is 35.5 Å². The van der Waals surface area contributed by atoms with E-state index in [4.69, 9.17) is 0 Å². The zero-order valence-electron chi connectivity index (χ0n) is 8.99. The summed E-state index contributed by atoms with van der Waals surface area (Å²) >= 11 is 3.51. The highest BCUT2D eigenvalue weighted by atomic mass is 79.9. The first-order valence-corrected chi connectivity index (χ1v) is 6.43. The standard InChI is InChI=1S/C12H14BrN3/c13-10-1-2-11-12(5-10)16(8-15-11)7-9-3-4-14-6-9/h1-2,5,8-9,14H,3-4,6-7H2. The number of halogens is 1. The van der Waals surface area contributed by atoms with Crippen LogP contribution < -0.4 is 5.32 Å². The molecule has 1 fully saturated rings. The summed E-state index contributed by atoms with van der Waals surface area (Å²) in [6.45, 7) is 3.36. The Labute approximate surface area is 103 Å². The van der Waals surface area contributed by atoms with Crippen LogP contribution in [0.15, 0.2) is 29.0 Å². The van der Waals surface area contributed by atoms with E-state index < -0.39 is 0 Å². The Bertz CT molecular complexity index is 500. The summed E-state index contributed by atoms with van der Waals surface area (Å²) in [6, 6.07) is 6.24. The van der Waals surface area contributed by atoms with Crippen LogP contribution in [0.3, 0.4) is 0 Å². The number of benzene rings is 1. The molecule has 84 valence electrons. The van der Waals surface area contributed by atoms with E-state index in [1.807, 2.05) is 12.4 Å². The third kappa shape index (κ3) is 1.87. The molecule has 2 heterocycles. The van der Waals surface area contributed by atoms with Crippen LogP contribution in [0.1, 0.15) is 6.42 Å². The molecular weight excluding hydrogens is 266 g/mol. The van der Waals surface area contributed by atoms with E-state index in [0.29, 0.717) is 0 Å². The van der Waals surface area contributed by atoms with Gasteiger partial charge in [0.2, 0.25) is 0 Å². The molecule has 1 aromatic carbocycles. The highest BCUT2D eigenvalue weighted by molar-refractivity contribution is 9.10. The Morgan fingerprint density at radius 2 is 2.44 bits per heavy atom. The lowest BCUT2D eigenvalue weighted by Crippen LogP contribution is -2.13. The van der Waals surface area contributed by atoms with Crippen molar-refractivity contribution in [3.05, 3.63) is 29.0 Å². The van der Waals surface area contributed by atoms with Gasteiger partial charge in [-0.05, 0) is 43.6 Å². The number of hydrogen-bond donors (Lipinski definition) is 1. The molecule has 1 aliphatic rings. The van der Waals surface area contributed by atoms with Gasteiger partial charge in [-0.2, -0.15) is 0 Å². The summed E-state index contributed by atoms with van der Waals surface area (Å²) in [5, 5.41) is 3.40. The lowest BCUT2D eigenvalue weighted by molar-refractivity contribution is 0.489. The van der Waals surface area contributed by atoms with Crippen molar-refractivity contribution < 1.29 is 0 Å². The topological polar surface area (TPSA) is 29.9 Å². The van der Waals surface area contributed by atoms with Crippen molar-refractivity contribution in [1.29, 1.82) is 0 Å². The molecule has 0 amide bonds. The SMILES string of the molecule is Brc1ccc2ncn(CC3CCNC3)c2c1. The third-order valence-corrected chi connectivity index (χ3v) is 3.69. The van der Waals surface area contributed by atoms with Crippen LogP contribution >= 0.6 is 15.9 Å². The number of imidazole rings is 1. The molecule has 4 heteroatoms. The van der Waals surface area contributed by atoms with Crippen molar-refractivity contribution >= 4 is 27.0 Å². The van der Waals surface area contributed by atoms with Crippen molar-refractivity contribution in [2.45, 2.75) is 13.0 Å². The van der Waals surface area contributed by atoms with E-state index in [1.165, 1.54) is 11.9 Å². The quantitative estimate of drug-likeness (QED) is 0.915. The summed E-state index contributed by atoms with van der Waals surface area (Å²) in [5.41, 5.74) is 2.30. The first-order chi connectivity index (χ1) is 7.83. The highest BCUT2D eigenvalue weighted by Crippen LogP contribution is 2.20. The van der Waals surface area contributed by atoms with E-state index >= 15 is 0 Å². The lowest BCUT2D eigenvalue weighted by Gasteiger charge is -2.10. The van der Waals surface area contributed by atoms with Crippen LogP contribution in [-0.2, 0) is 6.54 Å². The minimum Gasteiger partial charge on any atom is -0.330 e. The van der Waals surface area contributed by atoms with Crippen molar-refractivity contribution in [2.24, 2.45) is 5.92 Å². The van der Waals surface area contributed by atoms with E-state index in [1.54, 1.807) is 0 Å². The Balaban J connectivity index is 1.93. The summed E-state index contributed by atoms with van der Waals surface area (Å²) in [6.07, 6.45) is 3.23. The Hall–Kier alpha value is -0.870. The second-order valence-corrected chi connectivity index (χ2v) is 5.30. The molecule has 2 aromatic rings. The summed E-state index contributed by atoms with van der Waals surface area (Å²) in [5.74, 6) is 0.747. The molecule has 3 rings (SSSR count). The van der Waals surface area contributed by atoms with Crippen LogP contribution in [0, 0.1) is 5.92 Å². The van der Waals surface area contributed by atoms with Gasteiger partial charge in [-0.3, -0.25) is 0 Å². The molecule has 3 nitrogen and oxygen atoms in total. The predicted octanol–water partition coefficient (Wildman–Crippen LogP) is 2.41. The zero-order valence-corrected chi connectivity index (χ0v) is 10.6. The maximum atomic E-state index is 4.42. The van der Waals surface area contributed by atoms with Crippen LogP contribution in [0.5, 0.6) is 0 Å². The maximum Gasteiger partial charge on any atom is 0.0958 e. The molecule has 0 spiro atoms. The number of fused-ring (bicyclic) bond motifs is 1. The van der Waals surface area contributed by atoms with Crippen LogP contribution in [0.25, 0.3) is 11.0 Å². The minimum absolute atomic E-state index is 0.747. The monoisotopic (exact) mass is 279 g/mol. The molecule has 0 aliphatic carbocycles. The van der Waals surface area contributed by atoms with Gasteiger partial charge in [0, 0.05) is 11.0 Å². The first kappa shape index (κ1) is 10.3. The first-order valence-electron chi connectivity index (χ1n) is 5.64. The predicted molar refractivity (Wildman–Crippen MR) is 68.4 cm³/mol. The van der Waals surface area contributed by atoms with E-state index in [9.17, 15) is 0 Å². The second kappa shape index (κ2) is 4.18. The number of nitrogens with one attached hydrogen (secondary N) is 1. The van der Waals surface area contributed by atoms with Crippen molar-refractivity contribution in [1.82, 2.24) is 14.9 Å². The van der Waals surface area contributed by atoms with Gasteiger partial charge in [-0.15, -0.1) is 0 Å². The second-order valence-electron chi connectivity index (χ2n) is 4.39. The Kier molecular flexibility index (Phi) is 2.69. The van der Waals surface area contributed by atoms with Gasteiger partial charge in [-0.25, -0.2) is 4.98 Å². The van der Waals surface area contributed by atoms with Gasteiger partial charge in [0.05, 0.1) is 17.4 Å². The van der Waals surface area contributed by atoms with Crippen LogP contribution in [0.2, 0.25) is 0 Å². The molecule has 1 atom stereocenters. The molecule has 16 heavy (non-hydrogen) atoms. The molecule has 1 N–H and O–H groups in total. The molecule has 1 unspecified atom stereocenters. The fourth-order valence-corrected chi connectivity index (χ4v) is 2.67. The number of rotatable bonds is 2. The normalized spacial score (nSPS) is 20.7. The fraction of sp³-hybridized carbons (Fsp3) is 0.417. The van der Waals surface area contributed by atoms with Gasteiger partial charge in [0.1, 0.15) is 0 Å². The minimum atomic E-state index is 0.747.